The molecule has 198 valence electrons. The summed E-state index contributed by atoms with van der Waals surface area (Å²) in [5, 5.41) is 6.28. The highest BCUT2D eigenvalue weighted by Gasteiger charge is 2.40. The summed E-state index contributed by atoms with van der Waals surface area (Å²) in [7, 11) is 0. The fraction of sp³-hybridized carbons (Fsp3) is 0.367. The van der Waals surface area contributed by atoms with Crippen LogP contribution >= 0.6 is 15.9 Å². The molecule has 0 aromatic heterocycles. The highest BCUT2D eigenvalue weighted by Crippen LogP contribution is 2.48. The Balaban J connectivity index is 1.47. The number of Topliss-reactive ketones (excluding diaryl/α,β-unsaturated/α-hetero) is 2. The number of carbonyl (C=O) groups is 3. The van der Waals surface area contributed by atoms with Crippen LogP contribution in [0.4, 0.5) is 5.69 Å². The second kappa shape index (κ2) is 11.2. The molecule has 0 bridgehead atoms. The minimum Gasteiger partial charge on any atom is -0.490 e. The first-order chi connectivity index (χ1) is 18.4. The SMILES string of the molecule is CCOc1cc(C2C3=C(CCCC3=O)NC3=C2C(=O)CCC3)cc(Br)c1OCC(=O)Nc1ccc(C)cc1. The van der Waals surface area contributed by atoms with E-state index in [1.807, 2.05) is 50.2 Å². The lowest BCUT2D eigenvalue weighted by Crippen LogP contribution is -2.36. The largest absolute Gasteiger partial charge is 0.490 e. The zero-order chi connectivity index (χ0) is 26.8. The molecule has 2 aromatic rings. The van der Waals surface area contributed by atoms with Crippen molar-refractivity contribution in [3.8, 4) is 11.5 Å². The summed E-state index contributed by atoms with van der Waals surface area (Å²) in [5.74, 6) is 0.269. The van der Waals surface area contributed by atoms with Crippen molar-refractivity contribution in [1.82, 2.24) is 5.32 Å². The lowest BCUT2D eigenvalue weighted by Gasteiger charge is -2.37. The molecule has 0 unspecified atom stereocenters. The molecule has 38 heavy (non-hydrogen) atoms. The number of rotatable bonds is 7. The van der Waals surface area contributed by atoms with Gasteiger partial charge in [0.05, 0.1) is 11.1 Å². The lowest BCUT2D eigenvalue weighted by atomic mass is 9.71. The Labute approximate surface area is 230 Å². The number of aryl methyl sites for hydroxylation is 1. The molecule has 0 fully saturated rings. The van der Waals surface area contributed by atoms with E-state index in [1.54, 1.807) is 0 Å². The van der Waals surface area contributed by atoms with E-state index >= 15 is 0 Å². The first kappa shape index (κ1) is 26.2. The van der Waals surface area contributed by atoms with Crippen LogP contribution in [0.2, 0.25) is 0 Å². The third-order valence-electron chi connectivity index (χ3n) is 7.14. The number of ketones is 2. The molecule has 1 aliphatic heterocycles. The van der Waals surface area contributed by atoms with E-state index in [1.165, 1.54) is 0 Å². The van der Waals surface area contributed by atoms with Crippen molar-refractivity contribution in [2.24, 2.45) is 0 Å². The van der Waals surface area contributed by atoms with Gasteiger partial charge in [-0.15, -0.1) is 0 Å². The van der Waals surface area contributed by atoms with Gasteiger partial charge in [-0.25, -0.2) is 0 Å². The number of hydrogen-bond acceptors (Lipinski definition) is 6. The zero-order valence-corrected chi connectivity index (χ0v) is 23.2. The number of hydrogen-bond donors (Lipinski definition) is 2. The Morgan fingerprint density at radius 2 is 1.61 bits per heavy atom. The number of carbonyl (C=O) groups excluding carboxylic acids is 3. The van der Waals surface area contributed by atoms with Gasteiger partial charge in [-0.2, -0.15) is 0 Å². The molecule has 0 saturated carbocycles. The molecule has 0 spiro atoms. The van der Waals surface area contributed by atoms with Gasteiger partial charge in [-0.3, -0.25) is 14.4 Å². The molecule has 8 heteroatoms. The molecular formula is C30H31BrN2O5. The highest BCUT2D eigenvalue weighted by molar-refractivity contribution is 9.10. The quantitative estimate of drug-likeness (QED) is 0.426. The van der Waals surface area contributed by atoms with Gasteiger partial charge in [0.25, 0.3) is 5.91 Å². The van der Waals surface area contributed by atoms with E-state index in [2.05, 4.69) is 26.6 Å². The van der Waals surface area contributed by atoms with Crippen LogP contribution in [-0.4, -0.2) is 30.7 Å². The van der Waals surface area contributed by atoms with Gasteiger partial charge in [0.2, 0.25) is 0 Å². The Morgan fingerprint density at radius 1 is 0.974 bits per heavy atom. The Morgan fingerprint density at radius 3 is 2.21 bits per heavy atom. The third kappa shape index (κ3) is 5.27. The van der Waals surface area contributed by atoms with Crippen LogP contribution in [0.25, 0.3) is 0 Å². The van der Waals surface area contributed by atoms with Crippen LogP contribution in [0.5, 0.6) is 11.5 Å². The van der Waals surface area contributed by atoms with E-state index in [0.29, 0.717) is 52.3 Å². The Kier molecular flexibility index (Phi) is 7.70. The number of benzene rings is 2. The van der Waals surface area contributed by atoms with Crippen LogP contribution in [-0.2, 0) is 14.4 Å². The van der Waals surface area contributed by atoms with E-state index < -0.39 is 5.92 Å². The van der Waals surface area contributed by atoms with Crippen molar-refractivity contribution in [1.29, 1.82) is 0 Å². The van der Waals surface area contributed by atoms with Gasteiger partial charge in [-0.05, 0) is 85.3 Å². The maximum Gasteiger partial charge on any atom is 0.262 e. The minimum atomic E-state index is -0.448. The molecule has 0 radical (unpaired) electrons. The highest BCUT2D eigenvalue weighted by atomic mass is 79.9. The summed E-state index contributed by atoms with van der Waals surface area (Å²) in [6.45, 7) is 4.03. The van der Waals surface area contributed by atoms with E-state index in [9.17, 15) is 14.4 Å². The van der Waals surface area contributed by atoms with Crippen molar-refractivity contribution >= 4 is 39.1 Å². The minimum absolute atomic E-state index is 0.0795. The summed E-state index contributed by atoms with van der Waals surface area (Å²) in [6.07, 6.45) is 4.15. The maximum atomic E-state index is 13.2. The first-order valence-corrected chi connectivity index (χ1v) is 13.9. The lowest BCUT2D eigenvalue weighted by molar-refractivity contribution is -0.118. The summed E-state index contributed by atoms with van der Waals surface area (Å²) in [4.78, 5) is 38.9. The number of anilines is 1. The number of dihydropyridines is 1. The molecule has 5 rings (SSSR count). The van der Waals surface area contributed by atoms with Gasteiger partial charge in [0, 0.05) is 47.0 Å². The van der Waals surface area contributed by atoms with E-state index in [4.69, 9.17) is 9.47 Å². The van der Waals surface area contributed by atoms with Gasteiger partial charge in [0.15, 0.2) is 29.7 Å². The number of nitrogens with one attached hydrogen (secondary N) is 2. The van der Waals surface area contributed by atoms with Crippen LogP contribution < -0.4 is 20.1 Å². The van der Waals surface area contributed by atoms with Gasteiger partial charge in [-0.1, -0.05) is 17.7 Å². The van der Waals surface area contributed by atoms with Crippen LogP contribution in [0.15, 0.2) is 63.4 Å². The van der Waals surface area contributed by atoms with Crippen molar-refractivity contribution < 1.29 is 23.9 Å². The van der Waals surface area contributed by atoms with Gasteiger partial charge < -0.3 is 20.1 Å². The Hall–Kier alpha value is -3.39. The number of allylic oxidation sites excluding steroid dienone is 4. The molecule has 0 saturated heterocycles. The second-order valence-corrected chi connectivity index (χ2v) is 10.7. The summed E-state index contributed by atoms with van der Waals surface area (Å²) in [6, 6.07) is 11.3. The standard InChI is InChI=1S/C30H31BrN2O5/c1-3-37-25-15-18(14-20(31)30(25)38-16-26(36)32-19-12-10-17(2)11-13-19)27-28-21(6-4-8-23(28)34)33-22-7-5-9-24(35)29(22)27/h10-15,27,33H,3-9,16H2,1-2H3,(H,32,36). The van der Waals surface area contributed by atoms with Crippen molar-refractivity contribution in [3.63, 3.8) is 0 Å². The topological polar surface area (TPSA) is 93.7 Å². The fourth-order valence-electron chi connectivity index (χ4n) is 5.45. The predicted octanol–water partition coefficient (Wildman–Crippen LogP) is 5.87. The van der Waals surface area contributed by atoms with Crippen LogP contribution in [0.3, 0.4) is 0 Å². The molecule has 3 aliphatic rings. The molecule has 0 atom stereocenters. The third-order valence-corrected chi connectivity index (χ3v) is 7.73. The smallest absolute Gasteiger partial charge is 0.262 e. The maximum absolute atomic E-state index is 13.2. The average molecular weight is 579 g/mol. The van der Waals surface area contributed by atoms with Crippen LogP contribution in [0.1, 0.15) is 62.5 Å². The number of amides is 1. The summed E-state index contributed by atoms with van der Waals surface area (Å²) < 4.78 is 12.4. The number of ether oxygens (including phenoxy) is 2. The molecule has 2 N–H and O–H groups in total. The Bertz CT molecular complexity index is 1320. The normalized spacial score (nSPS) is 17.6. The summed E-state index contributed by atoms with van der Waals surface area (Å²) >= 11 is 3.61. The fourth-order valence-corrected chi connectivity index (χ4v) is 6.02. The van der Waals surface area contributed by atoms with E-state index in [-0.39, 0.29) is 24.1 Å². The van der Waals surface area contributed by atoms with Crippen molar-refractivity contribution in [3.05, 3.63) is 74.5 Å². The molecule has 2 aromatic carbocycles. The summed E-state index contributed by atoms with van der Waals surface area (Å²) in [5.41, 5.74) is 5.83. The first-order valence-electron chi connectivity index (χ1n) is 13.1. The average Bonchev–Trinajstić information content (AvgIpc) is 2.89. The predicted molar refractivity (Wildman–Crippen MR) is 148 cm³/mol. The molecule has 2 aliphatic carbocycles. The van der Waals surface area contributed by atoms with Crippen molar-refractivity contribution in [2.45, 2.75) is 58.3 Å². The van der Waals surface area contributed by atoms with Crippen LogP contribution in [0, 0.1) is 6.92 Å². The van der Waals surface area contributed by atoms with Crippen molar-refractivity contribution in [2.75, 3.05) is 18.5 Å². The van der Waals surface area contributed by atoms with E-state index in [0.717, 1.165) is 48.2 Å². The zero-order valence-electron chi connectivity index (χ0n) is 21.6. The number of halogens is 1. The monoisotopic (exact) mass is 578 g/mol. The molecule has 1 amide bonds. The molecule has 1 heterocycles. The van der Waals surface area contributed by atoms with Gasteiger partial charge >= 0.3 is 0 Å². The van der Waals surface area contributed by atoms with Gasteiger partial charge in [0.1, 0.15) is 0 Å². The molecular weight excluding hydrogens is 548 g/mol. The second-order valence-electron chi connectivity index (χ2n) is 9.86. The molecule has 7 nitrogen and oxygen atoms in total.